The average Bonchev–Trinajstić information content (AvgIpc) is 2.91. The van der Waals surface area contributed by atoms with Crippen LogP contribution < -0.4 is 15.7 Å². The summed E-state index contributed by atoms with van der Waals surface area (Å²) in [5.74, 6) is 0.753. The van der Waals surface area contributed by atoms with Crippen molar-refractivity contribution >= 4 is 22.6 Å². The van der Waals surface area contributed by atoms with Gasteiger partial charge in [0, 0.05) is 36.7 Å². The van der Waals surface area contributed by atoms with Gasteiger partial charge in [0.2, 0.25) is 0 Å². The number of amides is 1. The zero-order valence-corrected chi connectivity index (χ0v) is 20.6. The largest absolute Gasteiger partial charge is 0.494 e. The molecule has 0 fully saturated rings. The number of carbonyl (C=O) groups is 1. The molecule has 1 heterocycles. The summed E-state index contributed by atoms with van der Waals surface area (Å²) in [7, 11) is 0. The van der Waals surface area contributed by atoms with Crippen molar-refractivity contribution in [2.45, 2.75) is 32.7 Å². The lowest BCUT2D eigenvalue weighted by atomic mass is 10.1. The van der Waals surface area contributed by atoms with Crippen LogP contribution in [0.15, 0.2) is 94.1 Å². The first kappa shape index (κ1) is 25.0. The first-order valence-corrected chi connectivity index (χ1v) is 12.5. The van der Waals surface area contributed by atoms with Crippen molar-refractivity contribution in [1.29, 1.82) is 0 Å². The van der Waals surface area contributed by atoms with Crippen molar-refractivity contribution < 1.29 is 13.9 Å². The number of ether oxygens (including phenoxy) is 1. The number of hydrogen-bond acceptors (Lipinski definition) is 5. The Morgan fingerprint density at radius 2 is 1.69 bits per heavy atom. The summed E-state index contributed by atoms with van der Waals surface area (Å²) < 4.78 is 11.0. The Hall–Kier alpha value is -4.06. The second-order valence-electron chi connectivity index (χ2n) is 8.69. The number of benzene rings is 3. The van der Waals surface area contributed by atoms with Gasteiger partial charge in [-0.05, 0) is 54.8 Å². The van der Waals surface area contributed by atoms with E-state index in [0.717, 1.165) is 35.2 Å². The molecule has 0 saturated carbocycles. The van der Waals surface area contributed by atoms with Crippen LogP contribution in [0.3, 0.4) is 0 Å². The monoisotopic (exact) mass is 484 g/mol. The zero-order chi connectivity index (χ0) is 25.2. The summed E-state index contributed by atoms with van der Waals surface area (Å²) in [5, 5.41) is 4.20. The van der Waals surface area contributed by atoms with E-state index in [0.29, 0.717) is 43.8 Å². The van der Waals surface area contributed by atoms with E-state index in [1.54, 1.807) is 6.07 Å². The molecule has 4 aromatic rings. The van der Waals surface area contributed by atoms with Crippen LogP contribution in [0, 0.1) is 0 Å². The van der Waals surface area contributed by atoms with Crippen LogP contribution in [0.25, 0.3) is 11.0 Å². The highest BCUT2D eigenvalue weighted by atomic mass is 16.5. The van der Waals surface area contributed by atoms with Gasteiger partial charge in [-0.25, -0.2) is 4.79 Å². The second kappa shape index (κ2) is 12.6. The number of fused-ring (bicyclic) bond motifs is 1. The van der Waals surface area contributed by atoms with Crippen LogP contribution in [-0.4, -0.2) is 30.5 Å². The molecule has 36 heavy (non-hydrogen) atoms. The molecule has 6 heteroatoms. The smallest absolute Gasteiger partial charge is 0.338 e. The lowest BCUT2D eigenvalue weighted by Gasteiger charge is -2.23. The van der Waals surface area contributed by atoms with Gasteiger partial charge in [-0.15, -0.1) is 0 Å². The van der Waals surface area contributed by atoms with Crippen molar-refractivity contribution in [3.63, 3.8) is 0 Å². The maximum absolute atomic E-state index is 13.4. The van der Waals surface area contributed by atoms with Crippen LogP contribution >= 0.6 is 0 Å². The molecule has 1 aromatic heterocycles. The molecule has 0 radical (unpaired) electrons. The quantitative estimate of drug-likeness (QED) is 0.194. The van der Waals surface area contributed by atoms with Gasteiger partial charge in [-0.1, -0.05) is 55.8 Å². The third-order valence-corrected chi connectivity index (χ3v) is 5.94. The molecule has 0 atom stereocenters. The summed E-state index contributed by atoms with van der Waals surface area (Å²) in [5.41, 5.74) is 2.61. The van der Waals surface area contributed by atoms with E-state index in [9.17, 15) is 9.59 Å². The summed E-state index contributed by atoms with van der Waals surface area (Å²) in [4.78, 5) is 27.2. The average molecular weight is 485 g/mol. The molecule has 6 nitrogen and oxygen atoms in total. The number of nitrogens with one attached hydrogen (secondary N) is 1. The first-order valence-electron chi connectivity index (χ1n) is 12.5. The molecule has 0 bridgehead atoms. The first-order chi connectivity index (χ1) is 17.6. The number of rotatable bonds is 12. The third-order valence-electron chi connectivity index (χ3n) is 5.94. The van der Waals surface area contributed by atoms with Gasteiger partial charge in [0.1, 0.15) is 11.3 Å². The number of hydrogen-bond donors (Lipinski definition) is 1. The summed E-state index contributed by atoms with van der Waals surface area (Å²) >= 11 is 0. The van der Waals surface area contributed by atoms with Crippen LogP contribution in [0.4, 0.5) is 5.69 Å². The van der Waals surface area contributed by atoms with Gasteiger partial charge in [0.15, 0.2) is 0 Å². The zero-order valence-electron chi connectivity index (χ0n) is 20.6. The van der Waals surface area contributed by atoms with E-state index in [1.807, 2.05) is 77.7 Å². The highest BCUT2D eigenvalue weighted by Crippen LogP contribution is 2.21. The molecule has 4 rings (SSSR count). The number of anilines is 1. The minimum Gasteiger partial charge on any atom is -0.494 e. The summed E-state index contributed by atoms with van der Waals surface area (Å²) in [6.07, 6.45) is 2.79. The highest BCUT2D eigenvalue weighted by Gasteiger charge is 2.16. The van der Waals surface area contributed by atoms with Crippen molar-refractivity contribution in [3.05, 3.63) is 106 Å². The van der Waals surface area contributed by atoms with Crippen molar-refractivity contribution in [2.24, 2.45) is 0 Å². The maximum atomic E-state index is 13.4. The van der Waals surface area contributed by atoms with Crippen molar-refractivity contribution in [1.82, 2.24) is 4.90 Å². The fourth-order valence-corrected chi connectivity index (χ4v) is 4.02. The maximum Gasteiger partial charge on any atom is 0.338 e. The minimum atomic E-state index is -0.390. The van der Waals surface area contributed by atoms with Crippen molar-refractivity contribution in [2.75, 3.05) is 25.0 Å². The molecule has 0 aliphatic carbocycles. The van der Waals surface area contributed by atoms with Gasteiger partial charge in [-0.2, -0.15) is 0 Å². The Balaban J connectivity index is 1.42. The minimum absolute atomic E-state index is 0.0234. The molecule has 1 amide bonds. The third kappa shape index (κ3) is 6.75. The topological polar surface area (TPSA) is 71.8 Å². The lowest BCUT2D eigenvalue weighted by molar-refractivity contribution is 0.0742. The van der Waals surface area contributed by atoms with E-state index in [-0.39, 0.29) is 11.5 Å². The second-order valence-corrected chi connectivity index (χ2v) is 8.69. The van der Waals surface area contributed by atoms with E-state index in [1.165, 1.54) is 6.07 Å². The van der Waals surface area contributed by atoms with Gasteiger partial charge in [-0.3, -0.25) is 4.79 Å². The Bertz CT molecular complexity index is 1320. The number of nitrogens with zero attached hydrogens (tertiary/aromatic N) is 1. The Morgan fingerprint density at radius 1 is 0.944 bits per heavy atom. The van der Waals surface area contributed by atoms with Crippen LogP contribution in [0.1, 0.15) is 42.1 Å². The van der Waals surface area contributed by atoms with Gasteiger partial charge >= 0.3 is 5.63 Å². The highest BCUT2D eigenvalue weighted by molar-refractivity contribution is 5.94. The SMILES string of the molecule is CCCCOc1ccc(C(=O)N(CCCNc2cc(=O)oc3ccccc23)Cc2ccccc2)cc1. The molecule has 0 aliphatic rings. The standard InChI is InChI=1S/C30H32N2O4/c1-2-3-20-35-25-16-14-24(15-17-25)30(34)32(22-23-10-5-4-6-11-23)19-9-18-31-27-21-29(33)36-28-13-8-7-12-26(27)28/h4-8,10-17,21,31H,2-3,9,18-20,22H2,1H3. The fourth-order valence-electron chi connectivity index (χ4n) is 4.02. The predicted octanol–water partition coefficient (Wildman–Crippen LogP) is 6.12. The molecule has 0 spiro atoms. The molecule has 1 N–H and O–H groups in total. The molecule has 0 aliphatic heterocycles. The van der Waals surface area contributed by atoms with E-state index < -0.39 is 0 Å². The van der Waals surface area contributed by atoms with E-state index in [4.69, 9.17) is 9.15 Å². The Labute approximate surface area is 211 Å². The normalized spacial score (nSPS) is 10.8. The molecular weight excluding hydrogens is 452 g/mol. The molecule has 0 unspecified atom stereocenters. The van der Waals surface area contributed by atoms with Gasteiger partial charge in [0.05, 0.1) is 12.3 Å². The predicted molar refractivity (Wildman–Crippen MR) is 144 cm³/mol. The molecule has 3 aromatic carbocycles. The molecular formula is C30H32N2O4. The fraction of sp³-hybridized carbons (Fsp3) is 0.267. The number of unbranched alkanes of at least 4 members (excludes halogenated alkanes) is 1. The molecule has 186 valence electrons. The van der Waals surface area contributed by atoms with Crippen molar-refractivity contribution in [3.8, 4) is 5.75 Å². The van der Waals surface area contributed by atoms with Gasteiger partial charge in [0.25, 0.3) is 5.91 Å². The van der Waals surface area contributed by atoms with E-state index in [2.05, 4.69) is 12.2 Å². The summed E-state index contributed by atoms with van der Waals surface area (Å²) in [6, 6.07) is 26.3. The lowest BCUT2D eigenvalue weighted by Crippen LogP contribution is -2.32. The number of carbonyl (C=O) groups excluding carboxylic acids is 1. The number of para-hydroxylation sites is 1. The van der Waals surface area contributed by atoms with Crippen LogP contribution in [0.2, 0.25) is 0 Å². The van der Waals surface area contributed by atoms with E-state index >= 15 is 0 Å². The Morgan fingerprint density at radius 3 is 2.47 bits per heavy atom. The van der Waals surface area contributed by atoms with Crippen LogP contribution in [-0.2, 0) is 6.54 Å². The van der Waals surface area contributed by atoms with Gasteiger partial charge < -0.3 is 19.4 Å². The Kier molecular flexibility index (Phi) is 8.76. The summed E-state index contributed by atoms with van der Waals surface area (Å²) in [6.45, 7) is 4.49. The molecule has 0 saturated heterocycles. The van der Waals surface area contributed by atoms with Crippen LogP contribution in [0.5, 0.6) is 5.75 Å².